The zero-order valence-electron chi connectivity index (χ0n) is 15.8. The van der Waals surface area contributed by atoms with Crippen LogP contribution in [0, 0.1) is 12.7 Å². The molecule has 2 heterocycles. The summed E-state index contributed by atoms with van der Waals surface area (Å²) in [6, 6.07) is 6.49. The summed E-state index contributed by atoms with van der Waals surface area (Å²) in [5.41, 5.74) is 2.34. The first-order chi connectivity index (χ1) is 12.5. The minimum Gasteiger partial charge on any atom is -0.492 e. The van der Waals surface area contributed by atoms with Crippen molar-refractivity contribution in [2.45, 2.75) is 32.4 Å². The quantitative estimate of drug-likeness (QED) is 0.760. The van der Waals surface area contributed by atoms with Gasteiger partial charge in [0.15, 0.2) is 0 Å². The normalized spacial score (nSPS) is 17.8. The van der Waals surface area contributed by atoms with E-state index in [9.17, 15) is 4.39 Å². The molecule has 1 aliphatic heterocycles. The van der Waals surface area contributed by atoms with E-state index in [1.807, 2.05) is 13.1 Å². The Hall–Kier alpha value is -2.05. The van der Waals surface area contributed by atoms with E-state index in [2.05, 4.69) is 28.9 Å². The van der Waals surface area contributed by atoms with E-state index in [4.69, 9.17) is 9.72 Å². The summed E-state index contributed by atoms with van der Waals surface area (Å²) in [5, 5.41) is 0. The summed E-state index contributed by atoms with van der Waals surface area (Å²) >= 11 is 0. The summed E-state index contributed by atoms with van der Waals surface area (Å²) in [6.45, 7) is 5.23. The predicted octanol–water partition coefficient (Wildman–Crippen LogP) is 3.20. The number of aryl methyl sites for hydroxylation is 1. The van der Waals surface area contributed by atoms with E-state index in [-0.39, 0.29) is 5.82 Å². The summed E-state index contributed by atoms with van der Waals surface area (Å²) < 4.78 is 18.8. The molecule has 6 heteroatoms. The van der Waals surface area contributed by atoms with E-state index in [1.54, 1.807) is 12.1 Å². The van der Waals surface area contributed by atoms with Gasteiger partial charge < -0.3 is 9.64 Å². The van der Waals surface area contributed by atoms with E-state index in [1.165, 1.54) is 17.7 Å². The van der Waals surface area contributed by atoms with Gasteiger partial charge in [-0.2, -0.15) is 0 Å². The number of hydrogen-bond donors (Lipinski definition) is 0. The third kappa shape index (κ3) is 4.77. The lowest BCUT2D eigenvalue weighted by atomic mass is 10.1. The van der Waals surface area contributed by atoms with Crippen molar-refractivity contribution in [1.82, 2.24) is 19.8 Å². The van der Waals surface area contributed by atoms with Crippen molar-refractivity contribution in [3.05, 3.63) is 53.4 Å². The lowest BCUT2D eigenvalue weighted by Gasteiger charge is -2.26. The molecule has 1 atom stereocenters. The molecule has 0 N–H and O–H groups in total. The number of ether oxygens (including phenoxy) is 1. The topological polar surface area (TPSA) is 41.5 Å². The van der Waals surface area contributed by atoms with Crippen LogP contribution in [0.15, 0.2) is 30.5 Å². The Morgan fingerprint density at radius 2 is 2.04 bits per heavy atom. The Balaban J connectivity index is 1.66. The molecule has 0 bridgehead atoms. The first-order valence-electron chi connectivity index (χ1n) is 9.12. The molecule has 5 nitrogen and oxygen atoms in total. The van der Waals surface area contributed by atoms with Gasteiger partial charge in [0, 0.05) is 24.8 Å². The molecule has 1 saturated heterocycles. The predicted molar refractivity (Wildman–Crippen MR) is 99.6 cm³/mol. The molecule has 3 rings (SSSR count). The Morgan fingerprint density at radius 3 is 2.77 bits per heavy atom. The Labute approximate surface area is 154 Å². The highest BCUT2D eigenvalue weighted by Gasteiger charge is 2.29. The summed E-state index contributed by atoms with van der Waals surface area (Å²) in [5.74, 6) is 1.27. The van der Waals surface area contributed by atoms with Crippen LogP contribution in [-0.4, -0.2) is 53.6 Å². The van der Waals surface area contributed by atoms with Crippen molar-refractivity contribution < 1.29 is 9.13 Å². The number of nitrogens with zero attached hydrogens (tertiary/aromatic N) is 4. The fourth-order valence-corrected chi connectivity index (χ4v) is 3.48. The van der Waals surface area contributed by atoms with Crippen LogP contribution >= 0.6 is 0 Å². The van der Waals surface area contributed by atoms with Crippen LogP contribution in [0.4, 0.5) is 4.39 Å². The van der Waals surface area contributed by atoms with Gasteiger partial charge in [0.05, 0.1) is 11.7 Å². The van der Waals surface area contributed by atoms with Gasteiger partial charge in [-0.1, -0.05) is 0 Å². The van der Waals surface area contributed by atoms with Crippen molar-refractivity contribution in [2.75, 3.05) is 33.8 Å². The average molecular weight is 358 g/mol. The van der Waals surface area contributed by atoms with Gasteiger partial charge >= 0.3 is 0 Å². The van der Waals surface area contributed by atoms with E-state index in [0.29, 0.717) is 18.4 Å². The molecule has 0 unspecified atom stereocenters. The number of aromatic nitrogens is 2. The summed E-state index contributed by atoms with van der Waals surface area (Å²) in [4.78, 5) is 13.7. The van der Waals surface area contributed by atoms with Crippen LogP contribution in [0.3, 0.4) is 0 Å². The fourth-order valence-electron chi connectivity index (χ4n) is 3.48. The molecular weight excluding hydrogens is 331 g/mol. The van der Waals surface area contributed by atoms with Crippen LogP contribution in [0.2, 0.25) is 0 Å². The SMILES string of the molecule is Cc1ncc(CN(C)C)c([C@@H]2CCCN2CCOc2ccc(F)cc2)n1. The molecule has 0 saturated carbocycles. The average Bonchev–Trinajstić information content (AvgIpc) is 3.06. The van der Waals surface area contributed by atoms with Crippen molar-refractivity contribution in [1.29, 1.82) is 0 Å². The maximum Gasteiger partial charge on any atom is 0.125 e. The molecule has 1 fully saturated rings. The van der Waals surface area contributed by atoms with E-state index >= 15 is 0 Å². The second-order valence-electron chi connectivity index (χ2n) is 7.06. The Kier molecular flexibility index (Phi) is 6.16. The first kappa shape index (κ1) is 18.7. The van der Waals surface area contributed by atoms with Crippen molar-refractivity contribution in [3.63, 3.8) is 0 Å². The molecule has 0 spiro atoms. The highest BCUT2D eigenvalue weighted by molar-refractivity contribution is 5.23. The zero-order chi connectivity index (χ0) is 18.5. The van der Waals surface area contributed by atoms with Crippen LogP contribution in [0.5, 0.6) is 5.75 Å². The van der Waals surface area contributed by atoms with Crippen LogP contribution in [0.25, 0.3) is 0 Å². The van der Waals surface area contributed by atoms with Crippen molar-refractivity contribution in [2.24, 2.45) is 0 Å². The standard InChI is InChI=1S/C20H27FN4O/c1-15-22-13-16(14-24(2)3)20(23-15)19-5-4-10-25(19)11-12-26-18-8-6-17(21)7-9-18/h6-9,13,19H,4-5,10-12,14H2,1-3H3/t19-/m0/s1. The minimum absolute atomic E-state index is 0.246. The lowest BCUT2D eigenvalue weighted by Crippen LogP contribution is -2.30. The largest absolute Gasteiger partial charge is 0.492 e. The maximum atomic E-state index is 13.0. The minimum atomic E-state index is -0.246. The third-order valence-electron chi connectivity index (χ3n) is 4.65. The van der Waals surface area contributed by atoms with Crippen LogP contribution in [-0.2, 0) is 6.54 Å². The van der Waals surface area contributed by atoms with Gasteiger partial charge in [-0.05, 0) is 64.7 Å². The van der Waals surface area contributed by atoms with E-state index in [0.717, 1.165) is 44.0 Å². The zero-order valence-corrected chi connectivity index (χ0v) is 15.8. The van der Waals surface area contributed by atoms with Gasteiger partial charge in [0.2, 0.25) is 0 Å². The second-order valence-corrected chi connectivity index (χ2v) is 7.06. The van der Waals surface area contributed by atoms with Crippen LogP contribution < -0.4 is 4.74 Å². The maximum absolute atomic E-state index is 13.0. The number of benzene rings is 1. The van der Waals surface area contributed by atoms with Gasteiger partial charge in [-0.3, -0.25) is 4.90 Å². The van der Waals surface area contributed by atoms with E-state index < -0.39 is 0 Å². The van der Waals surface area contributed by atoms with Crippen molar-refractivity contribution >= 4 is 0 Å². The molecule has 1 aromatic heterocycles. The highest BCUT2D eigenvalue weighted by Crippen LogP contribution is 2.32. The third-order valence-corrected chi connectivity index (χ3v) is 4.65. The summed E-state index contributed by atoms with van der Waals surface area (Å²) in [7, 11) is 4.12. The molecular formula is C20H27FN4O. The Morgan fingerprint density at radius 1 is 1.27 bits per heavy atom. The molecule has 1 aliphatic rings. The van der Waals surface area contributed by atoms with Crippen molar-refractivity contribution in [3.8, 4) is 5.75 Å². The van der Waals surface area contributed by atoms with Gasteiger partial charge in [0.25, 0.3) is 0 Å². The smallest absolute Gasteiger partial charge is 0.125 e. The number of halogens is 1. The monoisotopic (exact) mass is 358 g/mol. The van der Waals surface area contributed by atoms with Gasteiger partial charge in [0.1, 0.15) is 24.0 Å². The number of likely N-dealkylation sites (tertiary alicyclic amines) is 1. The van der Waals surface area contributed by atoms with Crippen LogP contribution in [0.1, 0.15) is 36.0 Å². The molecule has 140 valence electrons. The molecule has 1 aromatic carbocycles. The second kappa shape index (κ2) is 8.56. The number of hydrogen-bond acceptors (Lipinski definition) is 5. The number of rotatable bonds is 7. The Bertz CT molecular complexity index is 720. The first-order valence-corrected chi connectivity index (χ1v) is 9.12. The lowest BCUT2D eigenvalue weighted by molar-refractivity contribution is 0.194. The fraction of sp³-hybridized carbons (Fsp3) is 0.500. The molecule has 26 heavy (non-hydrogen) atoms. The molecule has 0 aliphatic carbocycles. The highest BCUT2D eigenvalue weighted by atomic mass is 19.1. The summed E-state index contributed by atoms with van der Waals surface area (Å²) in [6.07, 6.45) is 4.22. The molecule has 0 radical (unpaired) electrons. The molecule has 0 amide bonds. The van der Waals surface area contributed by atoms with Gasteiger partial charge in [-0.25, -0.2) is 14.4 Å². The molecule has 2 aromatic rings. The van der Waals surface area contributed by atoms with Gasteiger partial charge in [-0.15, -0.1) is 0 Å².